The zero-order chi connectivity index (χ0) is 27.5. The Hall–Kier alpha value is -4.32. The fourth-order valence-corrected chi connectivity index (χ4v) is 3.89. The molecular formula is C30H30FN3O4. The topological polar surface area (TPSA) is 106 Å². The lowest BCUT2D eigenvalue weighted by Crippen LogP contribution is -2.51. The summed E-state index contributed by atoms with van der Waals surface area (Å²) < 4.78 is 24.4. The van der Waals surface area contributed by atoms with Gasteiger partial charge in [-0.3, -0.25) is 9.69 Å². The second kappa shape index (κ2) is 13.8. The Morgan fingerprint density at radius 1 is 1.11 bits per heavy atom. The maximum Gasteiger partial charge on any atom is 0.338 e. The number of nitrogens with two attached hydrogens (primary N) is 1. The van der Waals surface area contributed by atoms with E-state index in [1.54, 1.807) is 24.3 Å². The number of hydrogen-bond donors (Lipinski definition) is 1. The number of amides is 1. The van der Waals surface area contributed by atoms with E-state index in [1.165, 1.54) is 35.2 Å². The molecule has 196 valence electrons. The fraction of sp³-hybridized carbons (Fsp3) is 0.233. The quantitative estimate of drug-likeness (QED) is 0.282. The third kappa shape index (κ3) is 7.84. The van der Waals surface area contributed by atoms with E-state index in [0.717, 1.165) is 11.1 Å². The third-order valence-electron chi connectivity index (χ3n) is 5.70. The highest BCUT2D eigenvalue weighted by Gasteiger charge is 2.30. The standard InChI is InChI=1S/C30H30FN3O4/c1-3-14-38-30(36)24-9-5-8-23(16-24)19-37-20-27(18-32)34(26-12-10-25(31)11-13-26)29(35)28(33)17-22-7-4-6-21(2)15-22/h3-13,15-16,27-28H,1,14,17,19-20,33H2,2H3/t27?,28-/m0/s1. The molecule has 0 fully saturated rings. The van der Waals surface area contributed by atoms with Crippen molar-refractivity contribution in [3.05, 3.63) is 114 Å². The largest absolute Gasteiger partial charge is 0.458 e. The second-order valence-corrected chi connectivity index (χ2v) is 8.73. The summed E-state index contributed by atoms with van der Waals surface area (Å²) in [6, 6.07) is 19.8. The number of carbonyl (C=O) groups excluding carboxylic acids is 2. The molecule has 38 heavy (non-hydrogen) atoms. The number of nitrogens with zero attached hydrogens (tertiary/aromatic N) is 2. The molecule has 7 nitrogen and oxygen atoms in total. The number of rotatable bonds is 12. The van der Waals surface area contributed by atoms with Crippen molar-refractivity contribution in [2.75, 3.05) is 18.1 Å². The highest BCUT2D eigenvalue weighted by molar-refractivity contribution is 5.98. The smallest absolute Gasteiger partial charge is 0.338 e. The van der Waals surface area contributed by atoms with Gasteiger partial charge in [-0.05, 0) is 60.9 Å². The summed E-state index contributed by atoms with van der Waals surface area (Å²) in [6.07, 6.45) is 1.75. The Balaban J connectivity index is 1.75. The van der Waals surface area contributed by atoms with Crippen LogP contribution in [0.5, 0.6) is 0 Å². The SMILES string of the molecule is C=CCOC(=O)c1cccc(COCC(C#N)N(C(=O)[C@@H](N)Cc2cccc(C)c2)c2ccc(F)cc2)c1. The molecule has 8 heteroatoms. The predicted octanol–water partition coefficient (Wildman–Crippen LogP) is 4.49. The number of aryl methyl sites for hydroxylation is 1. The van der Waals surface area contributed by atoms with Crippen LogP contribution in [-0.2, 0) is 27.3 Å². The number of ether oxygens (including phenoxy) is 2. The average molecular weight is 516 g/mol. The molecule has 0 aliphatic rings. The van der Waals surface area contributed by atoms with Crippen LogP contribution in [0.25, 0.3) is 0 Å². The molecule has 0 saturated carbocycles. The van der Waals surface area contributed by atoms with Crippen molar-refractivity contribution in [2.24, 2.45) is 5.73 Å². The van der Waals surface area contributed by atoms with Gasteiger partial charge in [0.15, 0.2) is 0 Å². The van der Waals surface area contributed by atoms with Crippen molar-refractivity contribution in [2.45, 2.75) is 32.0 Å². The molecule has 3 rings (SSSR count). The first-order valence-electron chi connectivity index (χ1n) is 12.1. The Morgan fingerprint density at radius 3 is 2.50 bits per heavy atom. The van der Waals surface area contributed by atoms with Crippen LogP contribution in [0, 0.1) is 24.1 Å². The number of hydrogen-bond acceptors (Lipinski definition) is 6. The van der Waals surface area contributed by atoms with E-state index in [0.29, 0.717) is 16.8 Å². The van der Waals surface area contributed by atoms with Gasteiger partial charge in [0.1, 0.15) is 18.5 Å². The van der Waals surface area contributed by atoms with E-state index < -0.39 is 29.8 Å². The van der Waals surface area contributed by atoms with E-state index in [2.05, 4.69) is 12.6 Å². The van der Waals surface area contributed by atoms with Crippen LogP contribution >= 0.6 is 0 Å². The van der Waals surface area contributed by atoms with Gasteiger partial charge in [-0.25, -0.2) is 9.18 Å². The number of nitriles is 1. The highest BCUT2D eigenvalue weighted by Crippen LogP contribution is 2.21. The lowest BCUT2D eigenvalue weighted by molar-refractivity contribution is -0.120. The van der Waals surface area contributed by atoms with Gasteiger partial charge in [-0.15, -0.1) is 0 Å². The van der Waals surface area contributed by atoms with Gasteiger partial charge in [-0.1, -0.05) is 54.6 Å². The molecule has 1 unspecified atom stereocenters. The molecule has 0 aromatic heterocycles. The van der Waals surface area contributed by atoms with Crippen molar-refractivity contribution in [1.82, 2.24) is 0 Å². The normalized spacial score (nSPS) is 12.2. The zero-order valence-electron chi connectivity index (χ0n) is 21.2. The molecule has 0 heterocycles. The molecule has 0 aliphatic heterocycles. The fourth-order valence-electron chi connectivity index (χ4n) is 3.89. The van der Waals surface area contributed by atoms with Crippen molar-refractivity contribution in [3.63, 3.8) is 0 Å². The van der Waals surface area contributed by atoms with Gasteiger partial charge in [0.05, 0.1) is 30.9 Å². The minimum absolute atomic E-state index is 0.0849. The zero-order valence-corrected chi connectivity index (χ0v) is 21.2. The first-order valence-corrected chi connectivity index (χ1v) is 12.1. The monoisotopic (exact) mass is 515 g/mol. The summed E-state index contributed by atoms with van der Waals surface area (Å²) in [6.45, 7) is 5.52. The van der Waals surface area contributed by atoms with E-state index >= 15 is 0 Å². The Bertz CT molecular complexity index is 1300. The van der Waals surface area contributed by atoms with Crippen LogP contribution in [0.4, 0.5) is 10.1 Å². The van der Waals surface area contributed by atoms with Crippen LogP contribution in [0.15, 0.2) is 85.5 Å². The van der Waals surface area contributed by atoms with Gasteiger partial charge in [0.2, 0.25) is 5.91 Å². The Kier molecular flexibility index (Phi) is 10.3. The number of carbonyl (C=O) groups is 2. The van der Waals surface area contributed by atoms with E-state index in [1.807, 2.05) is 31.2 Å². The van der Waals surface area contributed by atoms with Crippen molar-refractivity contribution < 1.29 is 23.5 Å². The maximum absolute atomic E-state index is 13.6. The molecule has 0 spiro atoms. The number of anilines is 1. The summed E-state index contributed by atoms with van der Waals surface area (Å²) in [4.78, 5) is 26.9. The van der Waals surface area contributed by atoms with Crippen molar-refractivity contribution >= 4 is 17.6 Å². The number of halogens is 1. The first kappa shape index (κ1) is 28.3. The van der Waals surface area contributed by atoms with Crippen LogP contribution < -0.4 is 10.6 Å². The minimum atomic E-state index is -1.03. The average Bonchev–Trinajstić information content (AvgIpc) is 2.92. The van der Waals surface area contributed by atoms with Gasteiger partial charge in [0, 0.05) is 5.69 Å². The molecule has 3 aromatic carbocycles. The summed E-state index contributed by atoms with van der Waals surface area (Å²) >= 11 is 0. The molecule has 0 bridgehead atoms. The molecular weight excluding hydrogens is 485 g/mol. The molecule has 0 aliphatic carbocycles. The molecule has 2 atom stereocenters. The maximum atomic E-state index is 13.6. The summed E-state index contributed by atoms with van der Waals surface area (Å²) in [5.74, 6) is -1.45. The molecule has 3 aromatic rings. The first-order chi connectivity index (χ1) is 18.3. The number of esters is 1. The van der Waals surface area contributed by atoms with Crippen LogP contribution in [0.3, 0.4) is 0 Å². The van der Waals surface area contributed by atoms with Gasteiger partial charge in [-0.2, -0.15) is 5.26 Å². The van der Waals surface area contributed by atoms with Crippen LogP contribution in [-0.4, -0.2) is 37.2 Å². The second-order valence-electron chi connectivity index (χ2n) is 8.73. The predicted molar refractivity (Wildman–Crippen MR) is 143 cm³/mol. The van der Waals surface area contributed by atoms with E-state index in [4.69, 9.17) is 15.2 Å². The molecule has 2 N–H and O–H groups in total. The van der Waals surface area contributed by atoms with Gasteiger partial charge in [0.25, 0.3) is 0 Å². The molecule has 1 amide bonds. The lowest BCUT2D eigenvalue weighted by atomic mass is 10.0. The third-order valence-corrected chi connectivity index (χ3v) is 5.70. The summed E-state index contributed by atoms with van der Waals surface area (Å²) in [7, 11) is 0. The van der Waals surface area contributed by atoms with Crippen molar-refractivity contribution in [3.8, 4) is 6.07 Å². The summed E-state index contributed by atoms with van der Waals surface area (Å²) in [5, 5.41) is 9.96. The minimum Gasteiger partial charge on any atom is -0.458 e. The van der Waals surface area contributed by atoms with Crippen LogP contribution in [0.2, 0.25) is 0 Å². The highest BCUT2D eigenvalue weighted by atomic mass is 19.1. The van der Waals surface area contributed by atoms with Crippen molar-refractivity contribution in [1.29, 1.82) is 5.26 Å². The van der Waals surface area contributed by atoms with Gasteiger partial charge >= 0.3 is 5.97 Å². The molecule has 0 saturated heterocycles. The molecule has 0 radical (unpaired) electrons. The van der Waals surface area contributed by atoms with E-state index in [9.17, 15) is 19.2 Å². The van der Waals surface area contributed by atoms with E-state index in [-0.39, 0.29) is 26.2 Å². The number of benzene rings is 3. The lowest BCUT2D eigenvalue weighted by Gasteiger charge is -2.30. The van der Waals surface area contributed by atoms with Crippen LogP contribution in [0.1, 0.15) is 27.0 Å². The summed E-state index contributed by atoms with van der Waals surface area (Å²) in [5.41, 5.74) is 9.60. The Morgan fingerprint density at radius 2 is 1.82 bits per heavy atom. The Labute approximate surface area is 221 Å². The van der Waals surface area contributed by atoms with Gasteiger partial charge < -0.3 is 15.2 Å².